The van der Waals surface area contributed by atoms with Crippen molar-refractivity contribution in [1.82, 2.24) is 0 Å². The van der Waals surface area contributed by atoms with E-state index >= 15 is 0 Å². The predicted octanol–water partition coefficient (Wildman–Crippen LogP) is 15.3. The fraction of sp³-hybridized carbons (Fsp3) is 0.115. The molecule has 0 atom stereocenters. The van der Waals surface area contributed by atoms with Crippen LogP contribution in [0.2, 0.25) is 0 Å². The Morgan fingerprint density at radius 3 is 1.93 bits per heavy atom. The molecule has 0 spiro atoms. The number of nitrogens with zero attached hydrogens (tertiary/aromatic N) is 1. The molecule has 2 nitrogen and oxygen atoms in total. The van der Waals surface area contributed by atoms with Crippen LogP contribution in [0.3, 0.4) is 0 Å². The third-order valence-electron chi connectivity index (χ3n) is 11.5. The van der Waals surface area contributed by atoms with E-state index in [1.807, 2.05) is 6.07 Å². The highest BCUT2D eigenvalue weighted by Gasteiger charge is 2.25. The average Bonchev–Trinajstić information content (AvgIpc) is 3.63. The molecule has 1 heterocycles. The van der Waals surface area contributed by atoms with Gasteiger partial charge in [-0.2, -0.15) is 0 Å². The Hall–Kier alpha value is -6.38. The van der Waals surface area contributed by atoms with Gasteiger partial charge in [-0.3, -0.25) is 0 Å². The van der Waals surface area contributed by atoms with Crippen LogP contribution in [-0.4, -0.2) is 0 Å². The summed E-state index contributed by atoms with van der Waals surface area (Å²) in [5.74, 6) is 0.581. The van der Waals surface area contributed by atoms with Gasteiger partial charge in [0.2, 0.25) is 0 Å². The maximum atomic E-state index is 6.54. The molecule has 2 heteroatoms. The summed E-state index contributed by atoms with van der Waals surface area (Å²) < 4.78 is 6.54. The second kappa shape index (κ2) is 13.9. The number of hydrogen-bond acceptors (Lipinski definition) is 2. The molecule has 0 unspecified atom stereocenters. The Balaban J connectivity index is 1.25. The Bertz CT molecular complexity index is 2750. The standard InChI is InChI=1S/C52H41NO/c1-4-16-36(17-5-1)40-30-33-49(47(34-40)38-20-8-3-9-21-38)53(41-31-32-45-44-25-11-13-29-50(44)54-51(45)35-41)48-28-12-10-24-43(48)46-27-15-23-39-22-14-26-42(52(39)46)37-18-6-2-7-19-37/h1,3-5,8-17,20-35,37H,2,6-7,18-19H2. The topological polar surface area (TPSA) is 16.4 Å². The third kappa shape index (κ3) is 5.76. The maximum Gasteiger partial charge on any atom is 0.137 e. The highest BCUT2D eigenvalue weighted by atomic mass is 16.3. The molecule has 0 saturated heterocycles. The van der Waals surface area contributed by atoms with E-state index in [0.29, 0.717) is 5.92 Å². The zero-order valence-electron chi connectivity index (χ0n) is 30.3. The molecular formula is C52H41NO. The van der Waals surface area contributed by atoms with E-state index in [-0.39, 0.29) is 0 Å². The molecule has 0 N–H and O–H groups in total. The van der Waals surface area contributed by atoms with Crippen molar-refractivity contribution in [2.45, 2.75) is 38.0 Å². The van der Waals surface area contributed by atoms with E-state index in [1.165, 1.54) is 76.3 Å². The molecule has 1 aromatic heterocycles. The molecule has 8 aromatic carbocycles. The second-order valence-corrected chi connectivity index (χ2v) is 14.7. The largest absolute Gasteiger partial charge is 0.456 e. The molecule has 0 amide bonds. The van der Waals surface area contributed by atoms with Crippen LogP contribution in [0.4, 0.5) is 17.1 Å². The van der Waals surface area contributed by atoms with Crippen LogP contribution in [-0.2, 0) is 0 Å². The van der Waals surface area contributed by atoms with Crippen molar-refractivity contribution in [3.05, 3.63) is 188 Å². The molecule has 1 fully saturated rings. The molecule has 54 heavy (non-hydrogen) atoms. The van der Waals surface area contributed by atoms with Crippen LogP contribution in [0.5, 0.6) is 0 Å². The number of fused-ring (bicyclic) bond motifs is 4. The molecule has 9 aromatic rings. The van der Waals surface area contributed by atoms with Gasteiger partial charge in [-0.25, -0.2) is 0 Å². The quantitative estimate of drug-likeness (QED) is 0.165. The number of rotatable bonds is 7. The van der Waals surface area contributed by atoms with Gasteiger partial charge in [-0.05, 0) is 93.7 Å². The van der Waals surface area contributed by atoms with Crippen molar-refractivity contribution in [1.29, 1.82) is 0 Å². The summed E-state index contributed by atoms with van der Waals surface area (Å²) in [5.41, 5.74) is 13.8. The maximum absolute atomic E-state index is 6.54. The average molecular weight is 696 g/mol. The van der Waals surface area contributed by atoms with Gasteiger partial charge in [0.05, 0.1) is 11.4 Å². The highest BCUT2D eigenvalue weighted by Crippen LogP contribution is 2.49. The minimum Gasteiger partial charge on any atom is -0.456 e. The summed E-state index contributed by atoms with van der Waals surface area (Å²) in [6.07, 6.45) is 6.46. The van der Waals surface area contributed by atoms with Crippen molar-refractivity contribution < 1.29 is 4.42 Å². The first kappa shape index (κ1) is 32.3. The lowest BCUT2D eigenvalue weighted by Crippen LogP contribution is -2.13. The molecule has 260 valence electrons. The molecule has 10 rings (SSSR count). The van der Waals surface area contributed by atoms with Crippen molar-refractivity contribution >= 4 is 49.8 Å². The number of para-hydroxylation sites is 2. The van der Waals surface area contributed by atoms with Gasteiger partial charge in [0.25, 0.3) is 0 Å². The van der Waals surface area contributed by atoms with Gasteiger partial charge in [-0.1, -0.05) is 159 Å². The Morgan fingerprint density at radius 1 is 0.426 bits per heavy atom. The van der Waals surface area contributed by atoms with Gasteiger partial charge in [0.1, 0.15) is 11.2 Å². The van der Waals surface area contributed by atoms with Crippen LogP contribution < -0.4 is 4.90 Å². The van der Waals surface area contributed by atoms with Crippen LogP contribution in [0.15, 0.2) is 186 Å². The van der Waals surface area contributed by atoms with Gasteiger partial charge >= 0.3 is 0 Å². The van der Waals surface area contributed by atoms with Crippen LogP contribution >= 0.6 is 0 Å². The summed E-state index contributed by atoms with van der Waals surface area (Å²) in [4.78, 5) is 2.46. The monoisotopic (exact) mass is 695 g/mol. The van der Waals surface area contributed by atoms with E-state index in [2.05, 4.69) is 181 Å². The van der Waals surface area contributed by atoms with Crippen molar-refractivity contribution in [3.63, 3.8) is 0 Å². The first-order chi connectivity index (χ1) is 26.8. The van der Waals surface area contributed by atoms with E-state index in [1.54, 1.807) is 0 Å². The smallest absolute Gasteiger partial charge is 0.137 e. The molecule has 0 bridgehead atoms. The zero-order chi connectivity index (χ0) is 35.8. The van der Waals surface area contributed by atoms with E-state index < -0.39 is 0 Å². The van der Waals surface area contributed by atoms with Crippen molar-refractivity contribution in [2.75, 3.05) is 4.90 Å². The second-order valence-electron chi connectivity index (χ2n) is 14.7. The summed E-state index contributed by atoms with van der Waals surface area (Å²) in [5, 5.41) is 4.94. The molecule has 0 radical (unpaired) electrons. The fourth-order valence-electron chi connectivity index (χ4n) is 8.90. The van der Waals surface area contributed by atoms with Crippen LogP contribution in [0.1, 0.15) is 43.6 Å². The Morgan fingerprint density at radius 2 is 1.09 bits per heavy atom. The number of anilines is 3. The predicted molar refractivity (Wildman–Crippen MR) is 228 cm³/mol. The summed E-state index contributed by atoms with van der Waals surface area (Å²) in [7, 11) is 0. The number of benzene rings is 8. The molecule has 1 saturated carbocycles. The normalized spacial score (nSPS) is 13.5. The zero-order valence-corrected chi connectivity index (χ0v) is 30.3. The molecular weight excluding hydrogens is 655 g/mol. The van der Waals surface area contributed by atoms with Crippen molar-refractivity contribution in [3.8, 4) is 33.4 Å². The minimum absolute atomic E-state index is 0.581. The molecule has 0 aliphatic heterocycles. The highest BCUT2D eigenvalue weighted by molar-refractivity contribution is 6.08. The lowest BCUT2D eigenvalue weighted by molar-refractivity contribution is 0.445. The van der Waals surface area contributed by atoms with Gasteiger partial charge in [0, 0.05) is 33.7 Å². The van der Waals surface area contributed by atoms with E-state index in [4.69, 9.17) is 4.42 Å². The van der Waals surface area contributed by atoms with Gasteiger partial charge in [-0.15, -0.1) is 0 Å². The lowest BCUT2D eigenvalue weighted by Gasteiger charge is -2.31. The van der Waals surface area contributed by atoms with E-state index in [0.717, 1.165) is 44.6 Å². The van der Waals surface area contributed by atoms with Gasteiger partial charge < -0.3 is 9.32 Å². The van der Waals surface area contributed by atoms with Gasteiger partial charge in [0.15, 0.2) is 0 Å². The first-order valence-corrected chi connectivity index (χ1v) is 19.4. The van der Waals surface area contributed by atoms with Crippen LogP contribution in [0, 0.1) is 0 Å². The summed E-state index contributed by atoms with van der Waals surface area (Å²) in [6, 6.07) is 66.3. The summed E-state index contributed by atoms with van der Waals surface area (Å²) >= 11 is 0. The minimum atomic E-state index is 0.581. The van der Waals surface area contributed by atoms with Crippen LogP contribution in [0.25, 0.3) is 66.1 Å². The Kier molecular flexibility index (Phi) is 8.30. The third-order valence-corrected chi connectivity index (χ3v) is 11.5. The first-order valence-electron chi connectivity index (χ1n) is 19.4. The molecule has 1 aliphatic rings. The fourth-order valence-corrected chi connectivity index (χ4v) is 8.90. The lowest BCUT2D eigenvalue weighted by atomic mass is 9.80. The van der Waals surface area contributed by atoms with E-state index in [9.17, 15) is 0 Å². The number of hydrogen-bond donors (Lipinski definition) is 0. The summed E-state index contributed by atoms with van der Waals surface area (Å²) in [6.45, 7) is 0. The Labute approximate surface area is 316 Å². The number of furan rings is 1. The SMILES string of the molecule is c1ccc(-c2ccc(N(c3ccc4c(c3)oc3ccccc34)c3ccccc3-c3cccc4cccc(C5CCCCC5)c34)c(-c3ccccc3)c2)cc1. The van der Waals surface area contributed by atoms with Crippen molar-refractivity contribution in [2.24, 2.45) is 0 Å². The molecule has 1 aliphatic carbocycles.